The third-order valence-electron chi connectivity index (χ3n) is 7.97. The maximum Gasteiger partial charge on any atom is 0.239 e. The summed E-state index contributed by atoms with van der Waals surface area (Å²) in [6.07, 6.45) is 1.05. The molecule has 0 aromatic heterocycles. The second kappa shape index (κ2) is 12.3. The molecule has 1 atom stereocenters. The van der Waals surface area contributed by atoms with Crippen molar-refractivity contribution in [1.29, 1.82) is 0 Å². The topological polar surface area (TPSA) is 98.4 Å². The number of hydrogen-bond donors (Lipinski definition) is 2. The zero-order valence-corrected chi connectivity index (χ0v) is 25.6. The van der Waals surface area contributed by atoms with E-state index in [2.05, 4.69) is 24.5 Å². The van der Waals surface area contributed by atoms with Crippen molar-refractivity contribution >= 4 is 23.1 Å². The minimum atomic E-state index is -0.646. The van der Waals surface area contributed by atoms with E-state index < -0.39 is 6.04 Å². The van der Waals surface area contributed by atoms with E-state index in [1.54, 1.807) is 34.5 Å². The Balaban J connectivity index is 1.64. The van der Waals surface area contributed by atoms with E-state index in [0.29, 0.717) is 47.8 Å². The Hall–Kier alpha value is -4.66. The van der Waals surface area contributed by atoms with Crippen LogP contribution >= 0.6 is 0 Å². The SMILES string of the molecule is COc1cccc(CNC(=O)CN2c3ccccc3NC3=C(C(=O)CC(C)(C)C3)C2c2ccc(OC)c(OC)c2OC)c1. The fourth-order valence-corrected chi connectivity index (χ4v) is 6.08. The molecule has 2 aliphatic rings. The van der Waals surface area contributed by atoms with E-state index in [4.69, 9.17) is 18.9 Å². The molecule has 5 rings (SSSR count). The summed E-state index contributed by atoms with van der Waals surface area (Å²) >= 11 is 0. The first-order valence-electron chi connectivity index (χ1n) is 14.3. The molecule has 0 saturated heterocycles. The van der Waals surface area contributed by atoms with Gasteiger partial charge in [0.05, 0.1) is 52.4 Å². The highest BCUT2D eigenvalue weighted by Crippen LogP contribution is 2.52. The van der Waals surface area contributed by atoms with E-state index in [-0.39, 0.29) is 23.7 Å². The van der Waals surface area contributed by atoms with Crippen LogP contribution in [-0.2, 0) is 16.1 Å². The molecule has 0 radical (unpaired) electrons. The molecule has 1 aliphatic carbocycles. The number of rotatable bonds is 9. The lowest BCUT2D eigenvalue weighted by Gasteiger charge is -2.38. The van der Waals surface area contributed by atoms with Crippen LogP contribution in [0.5, 0.6) is 23.0 Å². The number of fused-ring (bicyclic) bond motifs is 1. The van der Waals surface area contributed by atoms with Crippen LogP contribution in [0.25, 0.3) is 0 Å². The number of ether oxygens (including phenoxy) is 4. The lowest BCUT2D eigenvalue weighted by molar-refractivity contribution is -0.121. The van der Waals surface area contributed by atoms with Crippen LogP contribution in [0.2, 0.25) is 0 Å². The van der Waals surface area contributed by atoms with Crippen molar-refractivity contribution in [2.24, 2.45) is 5.41 Å². The van der Waals surface area contributed by atoms with Crippen LogP contribution in [0.15, 0.2) is 71.9 Å². The van der Waals surface area contributed by atoms with Gasteiger partial charge in [0.2, 0.25) is 11.7 Å². The molecular weight excluding hydrogens is 546 g/mol. The molecule has 3 aromatic rings. The van der Waals surface area contributed by atoms with Gasteiger partial charge in [-0.15, -0.1) is 0 Å². The Kier molecular flexibility index (Phi) is 8.52. The minimum Gasteiger partial charge on any atom is -0.497 e. The van der Waals surface area contributed by atoms with Crippen LogP contribution in [0, 0.1) is 5.41 Å². The molecule has 1 unspecified atom stereocenters. The largest absolute Gasteiger partial charge is 0.497 e. The number of hydrogen-bond acceptors (Lipinski definition) is 8. The van der Waals surface area contributed by atoms with Crippen LogP contribution in [0.3, 0.4) is 0 Å². The summed E-state index contributed by atoms with van der Waals surface area (Å²) in [5, 5.41) is 6.64. The molecule has 2 N–H and O–H groups in total. The maximum absolute atomic E-state index is 14.1. The number of methoxy groups -OCH3 is 4. The van der Waals surface area contributed by atoms with Gasteiger partial charge in [0.1, 0.15) is 5.75 Å². The highest BCUT2D eigenvalue weighted by molar-refractivity contribution is 6.02. The van der Waals surface area contributed by atoms with E-state index in [9.17, 15) is 9.59 Å². The van der Waals surface area contributed by atoms with E-state index >= 15 is 0 Å². The van der Waals surface area contributed by atoms with E-state index in [0.717, 1.165) is 28.4 Å². The maximum atomic E-state index is 14.1. The number of benzene rings is 3. The summed E-state index contributed by atoms with van der Waals surface area (Å²) < 4.78 is 22.6. The predicted octanol–water partition coefficient (Wildman–Crippen LogP) is 5.65. The molecule has 1 aliphatic heterocycles. The number of amides is 1. The molecular formula is C34H39N3O6. The molecule has 0 saturated carbocycles. The standard InChI is InChI=1S/C34H39N3O6/c1-34(2)17-25-30(27(38)18-34)31(23-14-15-28(41-4)33(43-6)32(23)42-5)37(26-13-8-7-12-24(26)36-25)20-29(39)35-19-21-10-9-11-22(16-21)40-3/h7-16,31,36H,17-20H2,1-6H3,(H,35,39). The molecule has 0 bridgehead atoms. The average molecular weight is 586 g/mol. The van der Waals surface area contributed by atoms with Gasteiger partial charge < -0.3 is 34.5 Å². The highest BCUT2D eigenvalue weighted by Gasteiger charge is 2.43. The second-order valence-corrected chi connectivity index (χ2v) is 11.6. The van der Waals surface area contributed by atoms with Gasteiger partial charge in [0.15, 0.2) is 17.3 Å². The predicted molar refractivity (Wildman–Crippen MR) is 166 cm³/mol. The second-order valence-electron chi connectivity index (χ2n) is 11.6. The van der Waals surface area contributed by atoms with E-state index in [1.165, 1.54) is 0 Å². The summed E-state index contributed by atoms with van der Waals surface area (Å²) in [6, 6.07) is 18.4. The van der Waals surface area contributed by atoms with Crippen molar-refractivity contribution in [2.75, 3.05) is 45.2 Å². The Labute approximate surface area is 252 Å². The van der Waals surface area contributed by atoms with Crippen LogP contribution in [0.1, 0.15) is 43.9 Å². The minimum absolute atomic E-state index is 0.0156. The molecule has 226 valence electrons. The number of Topliss-reactive ketones (excluding diaryl/α,β-unsaturated/α-hetero) is 1. The number of ketones is 1. The Morgan fingerprint density at radius 2 is 1.70 bits per heavy atom. The van der Waals surface area contributed by atoms with E-state index in [1.807, 2.05) is 59.5 Å². The number of allylic oxidation sites excluding steroid dienone is 1. The summed E-state index contributed by atoms with van der Waals surface area (Å²) in [5.41, 5.74) is 4.45. The lowest BCUT2D eigenvalue weighted by atomic mass is 9.73. The van der Waals surface area contributed by atoms with Gasteiger partial charge in [-0.2, -0.15) is 0 Å². The molecule has 1 amide bonds. The van der Waals surface area contributed by atoms with Gasteiger partial charge in [-0.25, -0.2) is 0 Å². The van der Waals surface area contributed by atoms with Crippen molar-refractivity contribution in [2.45, 2.75) is 39.3 Å². The summed E-state index contributed by atoms with van der Waals surface area (Å²) in [4.78, 5) is 29.7. The van der Waals surface area contributed by atoms with Crippen molar-refractivity contribution < 1.29 is 28.5 Å². The van der Waals surface area contributed by atoms with Crippen molar-refractivity contribution in [1.82, 2.24) is 5.32 Å². The first kappa shape index (κ1) is 29.8. The first-order chi connectivity index (χ1) is 20.7. The van der Waals surface area contributed by atoms with Gasteiger partial charge in [0.25, 0.3) is 0 Å². The lowest BCUT2D eigenvalue weighted by Crippen LogP contribution is -2.42. The third-order valence-corrected chi connectivity index (χ3v) is 7.97. The zero-order valence-electron chi connectivity index (χ0n) is 25.6. The van der Waals surface area contributed by atoms with Gasteiger partial charge >= 0.3 is 0 Å². The van der Waals surface area contributed by atoms with Crippen LogP contribution < -0.4 is 34.5 Å². The Bertz CT molecular complexity index is 1560. The number of nitrogens with zero attached hydrogens (tertiary/aromatic N) is 1. The normalized spacial score (nSPS) is 17.2. The first-order valence-corrected chi connectivity index (χ1v) is 14.3. The van der Waals surface area contributed by atoms with Crippen LogP contribution in [0.4, 0.5) is 11.4 Å². The molecule has 3 aromatic carbocycles. The molecule has 43 heavy (non-hydrogen) atoms. The van der Waals surface area contributed by atoms with Crippen molar-refractivity contribution in [3.8, 4) is 23.0 Å². The Morgan fingerprint density at radius 1 is 0.930 bits per heavy atom. The summed E-state index contributed by atoms with van der Waals surface area (Å²) in [7, 11) is 6.30. The molecule has 9 heteroatoms. The number of carbonyl (C=O) groups is 2. The quantitative estimate of drug-likeness (QED) is 0.332. The monoisotopic (exact) mass is 585 g/mol. The number of carbonyl (C=O) groups excluding carboxylic acids is 2. The molecule has 9 nitrogen and oxygen atoms in total. The number of nitrogens with one attached hydrogen (secondary N) is 2. The molecule has 0 spiro atoms. The average Bonchev–Trinajstić information content (AvgIpc) is 3.12. The third kappa shape index (κ3) is 5.98. The molecule has 0 fully saturated rings. The van der Waals surface area contributed by atoms with Crippen molar-refractivity contribution in [3.63, 3.8) is 0 Å². The summed E-state index contributed by atoms with van der Waals surface area (Å²) in [5.74, 6) is 1.91. The fraction of sp³-hybridized carbons (Fsp3) is 0.353. The smallest absolute Gasteiger partial charge is 0.239 e. The summed E-state index contributed by atoms with van der Waals surface area (Å²) in [6.45, 7) is 4.51. The van der Waals surface area contributed by atoms with Gasteiger partial charge in [0, 0.05) is 29.8 Å². The fourth-order valence-electron chi connectivity index (χ4n) is 6.08. The Morgan fingerprint density at radius 3 is 2.42 bits per heavy atom. The molecule has 1 heterocycles. The zero-order chi connectivity index (χ0) is 30.7. The highest BCUT2D eigenvalue weighted by atomic mass is 16.5. The number of anilines is 2. The van der Waals surface area contributed by atoms with Gasteiger partial charge in [-0.3, -0.25) is 9.59 Å². The van der Waals surface area contributed by atoms with Crippen molar-refractivity contribution in [3.05, 3.63) is 83.1 Å². The van der Waals surface area contributed by atoms with Gasteiger partial charge in [-0.05, 0) is 53.8 Å². The number of para-hydroxylation sites is 2. The van der Waals surface area contributed by atoms with Gasteiger partial charge in [-0.1, -0.05) is 38.1 Å². The van der Waals surface area contributed by atoms with Crippen LogP contribution in [-0.4, -0.2) is 46.7 Å².